The minimum absolute atomic E-state index is 0.242. The molecule has 1 aromatic carbocycles. The van der Waals surface area contributed by atoms with Crippen LogP contribution in [0.3, 0.4) is 0 Å². The van der Waals surface area contributed by atoms with E-state index in [-0.39, 0.29) is 6.04 Å². The fourth-order valence-electron chi connectivity index (χ4n) is 2.55. The Bertz CT molecular complexity index is 434. The van der Waals surface area contributed by atoms with Gasteiger partial charge in [0.25, 0.3) is 0 Å². The summed E-state index contributed by atoms with van der Waals surface area (Å²) in [4.78, 5) is 2.43. The van der Waals surface area contributed by atoms with Gasteiger partial charge < -0.3 is 19.5 Å². The molecule has 1 fully saturated rings. The number of hydrogen-bond acceptors (Lipinski definition) is 5. The predicted molar refractivity (Wildman–Crippen MR) is 83.2 cm³/mol. The molecule has 1 aromatic rings. The molecular formula is C16H26N2O3. The molecular weight excluding hydrogens is 268 g/mol. The van der Waals surface area contributed by atoms with Gasteiger partial charge in [-0.2, -0.15) is 0 Å². The van der Waals surface area contributed by atoms with Crippen LogP contribution in [-0.4, -0.2) is 58.5 Å². The van der Waals surface area contributed by atoms with Crippen LogP contribution in [0.1, 0.15) is 18.5 Å². The van der Waals surface area contributed by atoms with Crippen LogP contribution in [0.2, 0.25) is 0 Å². The Kier molecular flexibility index (Phi) is 6.29. The van der Waals surface area contributed by atoms with Crippen molar-refractivity contribution in [2.24, 2.45) is 0 Å². The number of nitrogens with one attached hydrogen (secondary N) is 1. The summed E-state index contributed by atoms with van der Waals surface area (Å²) in [5.74, 6) is 1.68. The van der Waals surface area contributed by atoms with Gasteiger partial charge >= 0.3 is 0 Å². The fraction of sp³-hybridized carbons (Fsp3) is 0.625. The van der Waals surface area contributed by atoms with Crippen molar-refractivity contribution in [1.82, 2.24) is 10.2 Å². The summed E-state index contributed by atoms with van der Waals surface area (Å²) >= 11 is 0. The van der Waals surface area contributed by atoms with Crippen molar-refractivity contribution in [3.63, 3.8) is 0 Å². The van der Waals surface area contributed by atoms with Gasteiger partial charge in [-0.15, -0.1) is 0 Å². The maximum Gasteiger partial charge on any atom is 0.127 e. The number of ether oxygens (including phenoxy) is 3. The van der Waals surface area contributed by atoms with Gasteiger partial charge in [0.1, 0.15) is 11.5 Å². The highest BCUT2D eigenvalue weighted by atomic mass is 16.5. The third kappa shape index (κ3) is 4.59. The van der Waals surface area contributed by atoms with Crippen LogP contribution >= 0.6 is 0 Å². The zero-order valence-electron chi connectivity index (χ0n) is 13.2. The Morgan fingerprint density at radius 2 is 2.00 bits per heavy atom. The second-order valence-electron chi connectivity index (χ2n) is 5.24. The minimum Gasteiger partial charge on any atom is -0.497 e. The van der Waals surface area contributed by atoms with Crippen LogP contribution in [0.5, 0.6) is 11.5 Å². The molecule has 0 bridgehead atoms. The molecule has 1 atom stereocenters. The first-order chi connectivity index (χ1) is 10.2. The number of morpholine rings is 1. The van der Waals surface area contributed by atoms with E-state index >= 15 is 0 Å². The highest BCUT2D eigenvalue weighted by Crippen LogP contribution is 2.29. The Hall–Kier alpha value is -1.30. The van der Waals surface area contributed by atoms with E-state index in [9.17, 15) is 0 Å². The Morgan fingerprint density at radius 1 is 1.24 bits per heavy atom. The second-order valence-corrected chi connectivity index (χ2v) is 5.24. The van der Waals surface area contributed by atoms with Crippen molar-refractivity contribution in [2.45, 2.75) is 13.0 Å². The van der Waals surface area contributed by atoms with Crippen LogP contribution in [-0.2, 0) is 4.74 Å². The maximum atomic E-state index is 5.46. The summed E-state index contributed by atoms with van der Waals surface area (Å²) in [5, 5.41) is 3.56. The van der Waals surface area contributed by atoms with Crippen molar-refractivity contribution in [3.8, 4) is 11.5 Å². The highest BCUT2D eigenvalue weighted by Gasteiger charge is 2.13. The van der Waals surface area contributed by atoms with Gasteiger partial charge in [-0.05, 0) is 13.0 Å². The van der Waals surface area contributed by atoms with Crippen LogP contribution in [0, 0.1) is 0 Å². The molecule has 0 saturated carbocycles. The third-order valence-electron chi connectivity index (χ3n) is 3.89. The lowest BCUT2D eigenvalue weighted by atomic mass is 10.1. The molecule has 0 aromatic heterocycles. The zero-order valence-corrected chi connectivity index (χ0v) is 13.2. The normalized spacial score (nSPS) is 17.5. The average Bonchev–Trinajstić information content (AvgIpc) is 2.55. The highest BCUT2D eigenvalue weighted by molar-refractivity contribution is 5.42. The molecule has 5 heteroatoms. The SMILES string of the molecule is COc1ccc(C(C)NCCN2CCOCC2)c(OC)c1. The van der Waals surface area contributed by atoms with Crippen molar-refractivity contribution >= 4 is 0 Å². The van der Waals surface area contributed by atoms with Crippen molar-refractivity contribution in [1.29, 1.82) is 0 Å². The third-order valence-corrected chi connectivity index (χ3v) is 3.89. The molecule has 2 rings (SSSR count). The number of nitrogens with zero attached hydrogens (tertiary/aromatic N) is 1. The molecule has 1 heterocycles. The second kappa shape index (κ2) is 8.22. The summed E-state index contributed by atoms with van der Waals surface area (Å²) < 4.78 is 16.0. The fourth-order valence-corrected chi connectivity index (χ4v) is 2.55. The first kappa shape index (κ1) is 16.1. The van der Waals surface area contributed by atoms with E-state index in [0.717, 1.165) is 56.5 Å². The predicted octanol–water partition coefficient (Wildman–Crippen LogP) is 1.69. The molecule has 0 amide bonds. The van der Waals surface area contributed by atoms with E-state index in [0.29, 0.717) is 0 Å². The molecule has 0 radical (unpaired) electrons. The Morgan fingerprint density at radius 3 is 2.67 bits per heavy atom. The molecule has 118 valence electrons. The largest absolute Gasteiger partial charge is 0.497 e. The molecule has 1 unspecified atom stereocenters. The molecule has 1 aliphatic rings. The monoisotopic (exact) mass is 294 g/mol. The summed E-state index contributed by atoms with van der Waals surface area (Å²) in [6.07, 6.45) is 0. The van der Waals surface area contributed by atoms with E-state index in [1.165, 1.54) is 0 Å². The summed E-state index contributed by atoms with van der Waals surface area (Å²) in [6, 6.07) is 6.20. The topological polar surface area (TPSA) is 43.0 Å². The van der Waals surface area contributed by atoms with Gasteiger partial charge in [-0.1, -0.05) is 6.07 Å². The van der Waals surface area contributed by atoms with Crippen LogP contribution in [0.4, 0.5) is 0 Å². The number of hydrogen-bond donors (Lipinski definition) is 1. The summed E-state index contributed by atoms with van der Waals surface area (Å²) in [5.41, 5.74) is 1.15. The number of benzene rings is 1. The minimum atomic E-state index is 0.242. The van der Waals surface area contributed by atoms with Crippen LogP contribution in [0.25, 0.3) is 0 Å². The van der Waals surface area contributed by atoms with Crippen LogP contribution < -0.4 is 14.8 Å². The lowest BCUT2D eigenvalue weighted by Gasteiger charge is -2.27. The summed E-state index contributed by atoms with van der Waals surface area (Å²) in [6.45, 7) is 7.92. The Balaban J connectivity index is 1.85. The molecule has 21 heavy (non-hydrogen) atoms. The lowest BCUT2D eigenvalue weighted by Crippen LogP contribution is -2.40. The van der Waals surface area contributed by atoms with Gasteiger partial charge in [0.2, 0.25) is 0 Å². The average molecular weight is 294 g/mol. The molecule has 5 nitrogen and oxygen atoms in total. The van der Waals surface area contributed by atoms with Gasteiger partial charge in [-0.25, -0.2) is 0 Å². The molecule has 0 spiro atoms. The zero-order chi connectivity index (χ0) is 15.1. The lowest BCUT2D eigenvalue weighted by molar-refractivity contribution is 0.0382. The summed E-state index contributed by atoms with van der Waals surface area (Å²) in [7, 11) is 3.36. The van der Waals surface area contributed by atoms with Crippen molar-refractivity contribution in [3.05, 3.63) is 23.8 Å². The van der Waals surface area contributed by atoms with E-state index in [2.05, 4.69) is 23.2 Å². The Labute approximate surface area is 127 Å². The van der Waals surface area contributed by atoms with Gasteiger partial charge in [0, 0.05) is 43.9 Å². The van der Waals surface area contributed by atoms with Gasteiger partial charge in [0.05, 0.1) is 27.4 Å². The molecule has 1 N–H and O–H groups in total. The van der Waals surface area contributed by atoms with Crippen molar-refractivity contribution < 1.29 is 14.2 Å². The molecule has 1 saturated heterocycles. The smallest absolute Gasteiger partial charge is 0.127 e. The van der Waals surface area contributed by atoms with Crippen molar-refractivity contribution in [2.75, 3.05) is 53.6 Å². The quantitative estimate of drug-likeness (QED) is 0.829. The van der Waals surface area contributed by atoms with Gasteiger partial charge in [0.15, 0.2) is 0 Å². The van der Waals surface area contributed by atoms with Gasteiger partial charge in [-0.3, -0.25) is 4.90 Å². The number of methoxy groups -OCH3 is 2. The first-order valence-electron chi connectivity index (χ1n) is 7.50. The van der Waals surface area contributed by atoms with E-state index in [1.807, 2.05) is 12.1 Å². The van der Waals surface area contributed by atoms with E-state index in [1.54, 1.807) is 14.2 Å². The van der Waals surface area contributed by atoms with E-state index in [4.69, 9.17) is 14.2 Å². The maximum absolute atomic E-state index is 5.46. The standard InChI is InChI=1S/C16H26N2O3/c1-13(17-6-7-18-8-10-21-11-9-18)15-5-4-14(19-2)12-16(15)20-3/h4-5,12-13,17H,6-11H2,1-3H3. The van der Waals surface area contributed by atoms with E-state index < -0.39 is 0 Å². The molecule has 1 aliphatic heterocycles. The first-order valence-corrected chi connectivity index (χ1v) is 7.50. The van der Waals surface area contributed by atoms with Crippen LogP contribution in [0.15, 0.2) is 18.2 Å². The number of rotatable bonds is 7. The molecule has 0 aliphatic carbocycles.